The molecule has 1 fully saturated rings. The second-order valence-electron chi connectivity index (χ2n) is 2.89. The Kier molecular flexibility index (Phi) is 3.16. The quantitative estimate of drug-likeness (QED) is 0.624. The van der Waals surface area contributed by atoms with E-state index in [0.717, 1.165) is 0 Å². The number of rotatable bonds is 3. The molecule has 1 aliphatic heterocycles. The van der Waals surface area contributed by atoms with Crippen molar-refractivity contribution in [1.29, 1.82) is 0 Å². The number of amides is 1. The molecular formula is C7H12F2N2O2. The van der Waals surface area contributed by atoms with Gasteiger partial charge in [-0.05, 0) is 6.92 Å². The summed E-state index contributed by atoms with van der Waals surface area (Å²) < 4.78 is 25.2. The molecule has 6 heteroatoms. The van der Waals surface area contributed by atoms with Gasteiger partial charge in [0.2, 0.25) is 0 Å². The van der Waals surface area contributed by atoms with Crippen LogP contribution in [0.15, 0.2) is 0 Å². The van der Waals surface area contributed by atoms with E-state index in [1.54, 1.807) is 6.92 Å². The van der Waals surface area contributed by atoms with Gasteiger partial charge >= 0.3 is 0 Å². The minimum absolute atomic E-state index is 0.314. The molecule has 0 bridgehead atoms. The van der Waals surface area contributed by atoms with E-state index in [4.69, 9.17) is 0 Å². The number of hydrogen-bond acceptors (Lipinski definition) is 3. The average Bonchev–Trinajstić information content (AvgIpc) is 2.42. The Bertz CT molecular complexity index is 199. The minimum atomic E-state index is -2.78. The molecule has 0 aromatic rings. The van der Waals surface area contributed by atoms with Crippen LogP contribution in [-0.4, -0.2) is 31.0 Å². The van der Waals surface area contributed by atoms with Gasteiger partial charge in [-0.1, -0.05) is 0 Å². The molecule has 0 aliphatic carbocycles. The summed E-state index contributed by atoms with van der Waals surface area (Å²) in [4.78, 5) is 15.7. The molecule has 1 amide bonds. The number of carbonyl (C=O) groups is 1. The van der Waals surface area contributed by atoms with Gasteiger partial charge in [0, 0.05) is 6.42 Å². The zero-order valence-corrected chi connectivity index (χ0v) is 7.27. The lowest BCUT2D eigenvalue weighted by molar-refractivity contribution is -0.135. The van der Waals surface area contributed by atoms with Crippen molar-refractivity contribution in [2.75, 3.05) is 13.2 Å². The van der Waals surface area contributed by atoms with Crippen molar-refractivity contribution >= 4 is 5.91 Å². The Labute approximate surface area is 74.6 Å². The maximum Gasteiger partial charge on any atom is 0.262 e. The second-order valence-corrected chi connectivity index (χ2v) is 2.89. The Morgan fingerprint density at radius 2 is 2.46 bits per heavy atom. The summed E-state index contributed by atoms with van der Waals surface area (Å²) in [7, 11) is 0. The minimum Gasteiger partial charge on any atom is -0.300 e. The van der Waals surface area contributed by atoms with Crippen molar-refractivity contribution in [3.05, 3.63) is 0 Å². The topological polar surface area (TPSA) is 50.4 Å². The molecule has 1 heterocycles. The number of hydrogen-bond donors (Lipinski definition) is 2. The van der Waals surface area contributed by atoms with Crippen LogP contribution < -0.4 is 10.8 Å². The summed E-state index contributed by atoms with van der Waals surface area (Å²) in [6.07, 6.45) is -0.466. The number of hydroxylamine groups is 1. The zero-order valence-electron chi connectivity index (χ0n) is 7.27. The molecular weight excluding hydrogens is 182 g/mol. The van der Waals surface area contributed by atoms with Gasteiger partial charge < -0.3 is 0 Å². The highest BCUT2D eigenvalue weighted by molar-refractivity contribution is 5.81. The van der Waals surface area contributed by atoms with Crippen LogP contribution in [0.3, 0.4) is 0 Å². The van der Waals surface area contributed by atoms with Crippen LogP contribution in [-0.2, 0) is 9.63 Å². The summed E-state index contributed by atoms with van der Waals surface area (Å²) in [6, 6.07) is -0.846. The van der Waals surface area contributed by atoms with E-state index < -0.39 is 30.8 Å². The smallest absolute Gasteiger partial charge is 0.262 e. The summed E-state index contributed by atoms with van der Waals surface area (Å²) in [6.45, 7) is 1.56. The van der Waals surface area contributed by atoms with Crippen molar-refractivity contribution < 1.29 is 18.4 Å². The van der Waals surface area contributed by atoms with Crippen molar-refractivity contribution in [3.8, 4) is 0 Å². The van der Waals surface area contributed by atoms with Gasteiger partial charge in [0.25, 0.3) is 11.8 Å². The van der Waals surface area contributed by atoms with E-state index in [-0.39, 0.29) is 0 Å². The highest BCUT2D eigenvalue weighted by Crippen LogP contribution is 2.24. The average molecular weight is 194 g/mol. The summed E-state index contributed by atoms with van der Waals surface area (Å²) >= 11 is 0. The van der Waals surface area contributed by atoms with E-state index in [1.807, 2.05) is 0 Å². The lowest BCUT2D eigenvalue weighted by Gasteiger charge is -2.09. The third-order valence-electron chi connectivity index (χ3n) is 1.74. The number of nitrogens with one attached hydrogen (secondary N) is 2. The summed E-state index contributed by atoms with van der Waals surface area (Å²) in [5.41, 5.74) is 2.08. The first kappa shape index (κ1) is 10.3. The fraction of sp³-hybridized carbons (Fsp3) is 0.857. The van der Waals surface area contributed by atoms with Gasteiger partial charge in [0.05, 0.1) is 19.2 Å². The molecule has 0 radical (unpaired) electrons. The first-order valence-electron chi connectivity index (χ1n) is 4.08. The Balaban J connectivity index is 2.33. The molecule has 0 aromatic heterocycles. The van der Waals surface area contributed by atoms with Gasteiger partial charge in [0.1, 0.15) is 0 Å². The van der Waals surface area contributed by atoms with Gasteiger partial charge in [-0.15, -0.1) is 0 Å². The maximum atomic E-state index is 12.6. The molecule has 13 heavy (non-hydrogen) atoms. The largest absolute Gasteiger partial charge is 0.300 e. The molecule has 1 rings (SSSR count). The Morgan fingerprint density at radius 1 is 1.77 bits per heavy atom. The third kappa shape index (κ3) is 2.89. The first-order valence-corrected chi connectivity index (χ1v) is 4.08. The SMILES string of the molecule is CCONC(=O)C1CC(F)(F)CN1. The molecule has 4 nitrogen and oxygen atoms in total. The third-order valence-corrected chi connectivity index (χ3v) is 1.74. The standard InChI is InChI=1S/C7H12F2N2O2/c1-2-13-11-6(12)5-3-7(8,9)4-10-5/h5,10H,2-4H2,1H3,(H,11,12). The van der Waals surface area contributed by atoms with Crippen molar-refractivity contribution in [2.45, 2.75) is 25.3 Å². The Morgan fingerprint density at radius 3 is 2.92 bits per heavy atom. The monoisotopic (exact) mass is 194 g/mol. The highest BCUT2D eigenvalue weighted by atomic mass is 19.3. The van der Waals surface area contributed by atoms with Crippen LogP contribution in [0.4, 0.5) is 8.78 Å². The lowest BCUT2D eigenvalue weighted by Crippen LogP contribution is -2.40. The molecule has 0 saturated carbocycles. The lowest BCUT2D eigenvalue weighted by atomic mass is 10.2. The van der Waals surface area contributed by atoms with E-state index in [0.29, 0.717) is 6.61 Å². The van der Waals surface area contributed by atoms with Gasteiger partial charge in [0.15, 0.2) is 0 Å². The van der Waals surface area contributed by atoms with Gasteiger partial charge in [-0.2, -0.15) is 0 Å². The number of alkyl halides is 2. The van der Waals surface area contributed by atoms with Gasteiger partial charge in [-0.25, -0.2) is 14.3 Å². The predicted octanol–water partition coefficient (Wildman–Crippen LogP) is 0.0513. The normalized spacial score (nSPS) is 25.9. The Hall–Kier alpha value is -0.750. The van der Waals surface area contributed by atoms with E-state index in [1.165, 1.54) is 0 Å². The van der Waals surface area contributed by atoms with Gasteiger partial charge in [-0.3, -0.25) is 14.9 Å². The van der Waals surface area contributed by atoms with E-state index in [2.05, 4.69) is 15.6 Å². The van der Waals surface area contributed by atoms with E-state index >= 15 is 0 Å². The molecule has 0 aromatic carbocycles. The predicted molar refractivity (Wildman–Crippen MR) is 41.1 cm³/mol. The van der Waals surface area contributed by atoms with Crippen molar-refractivity contribution in [1.82, 2.24) is 10.8 Å². The van der Waals surface area contributed by atoms with E-state index in [9.17, 15) is 13.6 Å². The number of carbonyl (C=O) groups excluding carboxylic acids is 1. The molecule has 1 saturated heterocycles. The zero-order chi connectivity index (χ0) is 9.90. The van der Waals surface area contributed by atoms with Crippen LogP contribution >= 0.6 is 0 Å². The molecule has 76 valence electrons. The van der Waals surface area contributed by atoms with Crippen LogP contribution in [0.2, 0.25) is 0 Å². The molecule has 0 spiro atoms. The molecule has 1 atom stereocenters. The molecule has 1 unspecified atom stereocenters. The maximum absolute atomic E-state index is 12.6. The molecule has 2 N–H and O–H groups in total. The second kappa shape index (κ2) is 3.97. The fourth-order valence-electron chi connectivity index (χ4n) is 1.12. The first-order chi connectivity index (χ1) is 6.05. The summed E-state index contributed by atoms with van der Waals surface area (Å²) in [5.74, 6) is -3.33. The summed E-state index contributed by atoms with van der Waals surface area (Å²) in [5, 5.41) is 2.41. The van der Waals surface area contributed by atoms with Crippen LogP contribution in [0, 0.1) is 0 Å². The number of halogens is 2. The fourth-order valence-corrected chi connectivity index (χ4v) is 1.12. The van der Waals surface area contributed by atoms with Crippen LogP contribution in [0.25, 0.3) is 0 Å². The van der Waals surface area contributed by atoms with Crippen molar-refractivity contribution in [3.63, 3.8) is 0 Å². The van der Waals surface area contributed by atoms with Crippen molar-refractivity contribution in [2.24, 2.45) is 0 Å². The highest BCUT2D eigenvalue weighted by Gasteiger charge is 2.42. The van der Waals surface area contributed by atoms with Crippen LogP contribution in [0.5, 0.6) is 0 Å². The van der Waals surface area contributed by atoms with Crippen LogP contribution in [0.1, 0.15) is 13.3 Å². The molecule has 1 aliphatic rings.